The molecule has 1 heterocycles. The molecule has 1 aromatic heterocycles. The van der Waals surface area contributed by atoms with Gasteiger partial charge >= 0.3 is 0 Å². The van der Waals surface area contributed by atoms with E-state index in [1.165, 1.54) is 24.4 Å². The first-order chi connectivity index (χ1) is 13.8. The molecule has 0 aliphatic heterocycles. The standard InChI is InChI=1S/C19H24N6O4/c1-11(2)9-15(19(27)23-17-7-8-20-24-17)22-18(26)12-3-6-14(21-13-4-5-13)16(10-12)25(28)29/h3,6-8,10-11,13,15,21H,4-5,9H2,1-2H3,(H,22,26)(H2,20,23,24,27). The smallest absolute Gasteiger partial charge is 0.293 e. The van der Waals surface area contributed by atoms with Crippen molar-refractivity contribution < 1.29 is 14.5 Å². The molecule has 4 N–H and O–H groups in total. The third-order valence-electron chi connectivity index (χ3n) is 4.48. The summed E-state index contributed by atoms with van der Waals surface area (Å²) in [5.74, 6) is -0.370. The molecular weight excluding hydrogens is 376 g/mol. The van der Waals surface area contributed by atoms with Gasteiger partial charge in [-0.15, -0.1) is 0 Å². The summed E-state index contributed by atoms with van der Waals surface area (Å²) in [4.78, 5) is 36.2. The molecule has 3 rings (SSSR count). The number of aromatic nitrogens is 2. The Bertz CT molecular complexity index is 892. The number of nitro groups is 1. The SMILES string of the molecule is CC(C)CC(NC(=O)c1ccc(NC2CC2)c([N+](=O)[O-])c1)C(=O)Nc1ccn[nH]1. The Kier molecular flexibility index (Phi) is 6.10. The van der Waals surface area contributed by atoms with Crippen molar-refractivity contribution in [3.63, 3.8) is 0 Å². The van der Waals surface area contributed by atoms with Crippen molar-refractivity contribution in [2.75, 3.05) is 10.6 Å². The fourth-order valence-electron chi connectivity index (χ4n) is 2.88. The first-order valence-corrected chi connectivity index (χ1v) is 9.49. The molecule has 29 heavy (non-hydrogen) atoms. The molecule has 0 saturated heterocycles. The monoisotopic (exact) mass is 400 g/mol. The number of hydrogen-bond acceptors (Lipinski definition) is 6. The number of nitrogens with zero attached hydrogens (tertiary/aromatic N) is 2. The van der Waals surface area contributed by atoms with Crippen molar-refractivity contribution in [1.29, 1.82) is 0 Å². The normalized spacial score (nSPS) is 14.3. The molecule has 10 nitrogen and oxygen atoms in total. The van der Waals surface area contributed by atoms with Gasteiger partial charge in [-0.25, -0.2) is 0 Å². The van der Waals surface area contributed by atoms with E-state index in [0.29, 0.717) is 17.9 Å². The second-order valence-corrected chi connectivity index (χ2v) is 7.52. The highest BCUT2D eigenvalue weighted by molar-refractivity contribution is 6.01. The third kappa shape index (κ3) is 5.53. The number of H-pyrrole nitrogens is 1. The largest absolute Gasteiger partial charge is 0.377 e. The number of aromatic amines is 1. The Labute approximate surface area is 167 Å². The molecule has 2 amide bonds. The Morgan fingerprint density at radius 2 is 2.07 bits per heavy atom. The maximum atomic E-state index is 12.7. The Morgan fingerprint density at radius 3 is 2.66 bits per heavy atom. The van der Waals surface area contributed by atoms with Gasteiger partial charge in [-0.2, -0.15) is 5.10 Å². The van der Waals surface area contributed by atoms with E-state index >= 15 is 0 Å². The van der Waals surface area contributed by atoms with Crippen LogP contribution in [-0.2, 0) is 4.79 Å². The van der Waals surface area contributed by atoms with Gasteiger partial charge in [0, 0.05) is 23.7 Å². The lowest BCUT2D eigenvalue weighted by Gasteiger charge is -2.20. The summed E-state index contributed by atoms with van der Waals surface area (Å²) in [6, 6.07) is 5.34. The third-order valence-corrected chi connectivity index (χ3v) is 4.48. The number of hydrogen-bond donors (Lipinski definition) is 4. The maximum Gasteiger partial charge on any atom is 0.293 e. The van der Waals surface area contributed by atoms with Gasteiger partial charge in [-0.1, -0.05) is 13.8 Å². The highest BCUT2D eigenvalue weighted by Crippen LogP contribution is 2.31. The lowest BCUT2D eigenvalue weighted by Crippen LogP contribution is -2.44. The van der Waals surface area contributed by atoms with E-state index in [0.717, 1.165) is 12.8 Å². The number of rotatable bonds is 9. The number of anilines is 2. The summed E-state index contributed by atoms with van der Waals surface area (Å²) < 4.78 is 0. The fourth-order valence-corrected chi connectivity index (χ4v) is 2.88. The second-order valence-electron chi connectivity index (χ2n) is 7.52. The number of benzene rings is 1. The van der Waals surface area contributed by atoms with Crippen LogP contribution in [0.4, 0.5) is 17.2 Å². The minimum absolute atomic E-state index is 0.126. The first-order valence-electron chi connectivity index (χ1n) is 9.49. The van der Waals surface area contributed by atoms with Crippen LogP contribution in [0.5, 0.6) is 0 Å². The van der Waals surface area contributed by atoms with E-state index in [4.69, 9.17) is 0 Å². The summed E-state index contributed by atoms with van der Waals surface area (Å²) in [6.45, 7) is 3.87. The molecule has 154 valence electrons. The molecule has 1 saturated carbocycles. The lowest BCUT2D eigenvalue weighted by atomic mass is 10.0. The van der Waals surface area contributed by atoms with E-state index in [2.05, 4.69) is 26.1 Å². The van der Waals surface area contributed by atoms with Crippen LogP contribution in [-0.4, -0.2) is 39.0 Å². The quantitative estimate of drug-likeness (QED) is 0.376. The molecule has 0 bridgehead atoms. The average molecular weight is 400 g/mol. The molecule has 10 heteroatoms. The highest BCUT2D eigenvalue weighted by Gasteiger charge is 2.27. The van der Waals surface area contributed by atoms with Crippen LogP contribution in [0.25, 0.3) is 0 Å². The Balaban J connectivity index is 1.74. The number of carbonyl (C=O) groups is 2. The number of carbonyl (C=O) groups excluding carboxylic acids is 2. The van der Waals surface area contributed by atoms with Crippen LogP contribution in [0, 0.1) is 16.0 Å². The molecule has 1 aliphatic rings. The maximum absolute atomic E-state index is 12.7. The van der Waals surface area contributed by atoms with Gasteiger partial charge in [0.1, 0.15) is 17.5 Å². The van der Waals surface area contributed by atoms with Crippen LogP contribution in [0.15, 0.2) is 30.5 Å². The molecular formula is C19H24N6O4. The van der Waals surface area contributed by atoms with Gasteiger partial charge in [0.25, 0.3) is 11.6 Å². The zero-order chi connectivity index (χ0) is 21.0. The molecule has 0 radical (unpaired) electrons. The lowest BCUT2D eigenvalue weighted by molar-refractivity contribution is -0.384. The van der Waals surface area contributed by atoms with Crippen molar-refractivity contribution >= 4 is 29.0 Å². The first kappa shape index (κ1) is 20.3. The van der Waals surface area contributed by atoms with Crippen LogP contribution in [0.2, 0.25) is 0 Å². The van der Waals surface area contributed by atoms with Gasteiger partial charge in [0.15, 0.2) is 0 Å². The van der Waals surface area contributed by atoms with Crippen molar-refractivity contribution in [2.45, 2.75) is 45.2 Å². The molecule has 1 unspecified atom stereocenters. The fraction of sp³-hybridized carbons (Fsp3) is 0.421. The van der Waals surface area contributed by atoms with Crippen LogP contribution in [0.3, 0.4) is 0 Å². The van der Waals surface area contributed by atoms with E-state index in [-0.39, 0.29) is 23.2 Å². The van der Waals surface area contributed by atoms with Gasteiger partial charge in [0.2, 0.25) is 5.91 Å². The van der Waals surface area contributed by atoms with E-state index in [1.807, 2.05) is 13.8 Å². The summed E-state index contributed by atoms with van der Waals surface area (Å²) in [5, 5.41) is 26.3. The molecule has 1 fully saturated rings. The Morgan fingerprint density at radius 1 is 1.31 bits per heavy atom. The van der Waals surface area contributed by atoms with Gasteiger partial charge in [-0.05, 0) is 37.3 Å². The van der Waals surface area contributed by atoms with E-state index in [9.17, 15) is 19.7 Å². The zero-order valence-electron chi connectivity index (χ0n) is 16.3. The summed E-state index contributed by atoms with van der Waals surface area (Å²) in [5.41, 5.74) is 0.359. The van der Waals surface area contributed by atoms with E-state index in [1.54, 1.807) is 6.07 Å². The van der Waals surface area contributed by atoms with Crippen molar-refractivity contribution in [1.82, 2.24) is 15.5 Å². The number of amides is 2. The molecule has 1 aromatic carbocycles. The zero-order valence-corrected chi connectivity index (χ0v) is 16.3. The summed E-state index contributed by atoms with van der Waals surface area (Å²) in [6.07, 6.45) is 3.86. The van der Waals surface area contributed by atoms with Crippen molar-refractivity contribution in [3.05, 3.63) is 46.1 Å². The Hall–Kier alpha value is -3.43. The second kappa shape index (κ2) is 8.72. The molecule has 1 atom stereocenters. The predicted octanol–water partition coefficient (Wildman–Crippen LogP) is 2.68. The minimum atomic E-state index is -0.797. The van der Waals surface area contributed by atoms with Crippen LogP contribution >= 0.6 is 0 Å². The average Bonchev–Trinajstić information content (AvgIpc) is 3.33. The minimum Gasteiger partial charge on any atom is -0.377 e. The molecule has 1 aliphatic carbocycles. The van der Waals surface area contributed by atoms with Crippen LogP contribution < -0.4 is 16.0 Å². The summed E-state index contributed by atoms with van der Waals surface area (Å²) >= 11 is 0. The number of nitro benzene ring substituents is 1. The van der Waals surface area contributed by atoms with Gasteiger partial charge in [-0.3, -0.25) is 24.8 Å². The van der Waals surface area contributed by atoms with Gasteiger partial charge in [0.05, 0.1) is 11.1 Å². The van der Waals surface area contributed by atoms with Crippen molar-refractivity contribution in [2.24, 2.45) is 5.92 Å². The number of nitrogens with one attached hydrogen (secondary N) is 4. The highest BCUT2D eigenvalue weighted by atomic mass is 16.6. The molecule has 0 spiro atoms. The molecule has 2 aromatic rings. The summed E-state index contributed by atoms with van der Waals surface area (Å²) in [7, 11) is 0. The van der Waals surface area contributed by atoms with Gasteiger partial charge < -0.3 is 16.0 Å². The van der Waals surface area contributed by atoms with Crippen molar-refractivity contribution in [3.8, 4) is 0 Å². The van der Waals surface area contributed by atoms with Crippen LogP contribution in [0.1, 0.15) is 43.5 Å². The van der Waals surface area contributed by atoms with E-state index < -0.39 is 22.8 Å². The topological polar surface area (TPSA) is 142 Å². The predicted molar refractivity (Wildman–Crippen MR) is 108 cm³/mol.